The molecule has 2 heterocycles. The first-order chi connectivity index (χ1) is 16.8. The minimum atomic E-state index is -3.42. The summed E-state index contributed by atoms with van der Waals surface area (Å²) >= 11 is 0. The summed E-state index contributed by atoms with van der Waals surface area (Å²) in [7, 11) is -1.71. The fraction of sp³-hybridized carbons (Fsp3) is 0.286. The van der Waals surface area contributed by atoms with Crippen molar-refractivity contribution in [2.24, 2.45) is 13.0 Å². The molecule has 0 amide bonds. The number of pyridine rings is 2. The van der Waals surface area contributed by atoms with Crippen LogP contribution in [0.15, 0.2) is 70.6 Å². The molecule has 2 aromatic heterocycles. The highest BCUT2D eigenvalue weighted by Crippen LogP contribution is 2.39. The van der Waals surface area contributed by atoms with Crippen LogP contribution in [-0.2, 0) is 16.9 Å². The first-order valence-electron chi connectivity index (χ1n) is 11.8. The summed E-state index contributed by atoms with van der Waals surface area (Å²) in [6, 6.07) is 14.7. The maximum Gasteiger partial charge on any atom is 0.258 e. The Morgan fingerprint density at radius 2 is 1.77 bits per heavy atom. The maximum absolute atomic E-state index is 13.0. The number of nitrogens with zero attached hydrogens (tertiary/aromatic N) is 2. The molecule has 0 atom stereocenters. The fourth-order valence-corrected chi connectivity index (χ4v) is 5.10. The zero-order valence-corrected chi connectivity index (χ0v) is 20.9. The summed E-state index contributed by atoms with van der Waals surface area (Å²) in [4.78, 5) is 17.7. The highest BCUT2D eigenvalue weighted by Gasteiger charge is 2.24. The lowest BCUT2D eigenvalue weighted by Gasteiger charge is -2.17. The van der Waals surface area contributed by atoms with Crippen LogP contribution in [0.1, 0.15) is 25.5 Å². The molecule has 0 radical (unpaired) electrons. The first-order valence-corrected chi connectivity index (χ1v) is 13.5. The third-order valence-corrected chi connectivity index (χ3v) is 8.31. The number of sulfone groups is 1. The number of fused-ring (bicyclic) bond motifs is 1. The Morgan fingerprint density at radius 3 is 2.46 bits per heavy atom. The normalized spacial score (nSPS) is 13.8. The van der Waals surface area contributed by atoms with Crippen molar-refractivity contribution in [3.63, 3.8) is 0 Å². The third-order valence-electron chi connectivity index (χ3n) is 6.58. The van der Waals surface area contributed by atoms with E-state index in [0.717, 1.165) is 40.6 Å². The SMILES string of the molecule is CCS(=O)(=O)c1ccc(OCC2CC2)c(-c2cn(C)c(=O)c3ccc(-c4ccc(C)nc4)cc23)c1. The van der Waals surface area contributed by atoms with E-state index in [2.05, 4.69) is 4.98 Å². The van der Waals surface area contributed by atoms with Crippen LogP contribution in [0.2, 0.25) is 0 Å². The topological polar surface area (TPSA) is 78.3 Å². The molecule has 7 heteroatoms. The number of rotatable bonds is 7. The Kier molecular flexibility index (Phi) is 5.97. The molecule has 1 aliphatic carbocycles. The van der Waals surface area contributed by atoms with Gasteiger partial charge in [-0.25, -0.2) is 8.42 Å². The van der Waals surface area contributed by atoms with E-state index in [4.69, 9.17) is 4.74 Å². The molecule has 5 rings (SSSR count). The minimum absolute atomic E-state index is 0.00726. The van der Waals surface area contributed by atoms with E-state index in [1.54, 1.807) is 38.4 Å². The van der Waals surface area contributed by atoms with Crippen molar-refractivity contribution in [1.29, 1.82) is 0 Å². The van der Waals surface area contributed by atoms with E-state index >= 15 is 0 Å². The van der Waals surface area contributed by atoms with Gasteiger partial charge in [0.2, 0.25) is 0 Å². The Labute approximate surface area is 205 Å². The molecule has 2 aromatic carbocycles. The van der Waals surface area contributed by atoms with Gasteiger partial charge < -0.3 is 9.30 Å². The number of ether oxygens (including phenoxy) is 1. The average Bonchev–Trinajstić information content (AvgIpc) is 3.70. The predicted molar refractivity (Wildman–Crippen MR) is 139 cm³/mol. The number of hydrogen-bond acceptors (Lipinski definition) is 5. The van der Waals surface area contributed by atoms with Crippen LogP contribution < -0.4 is 10.3 Å². The van der Waals surface area contributed by atoms with Gasteiger partial charge in [-0.1, -0.05) is 19.1 Å². The number of aromatic nitrogens is 2. The van der Waals surface area contributed by atoms with E-state index in [1.165, 1.54) is 4.57 Å². The molecule has 35 heavy (non-hydrogen) atoms. The van der Waals surface area contributed by atoms with Crippen molar-refractivity contribution in [3.05, 3.63) is 77.0 Å². The van der Waals surface area contributed by atoms with Gasteiger partial charge in [-0.05, 0) is 73.0 Å². The zero-order valence-electron chi connectivity index (χ0n) is 20.1. The van der Waals surface area contributed by atoms with Crippen molar-refractivity contribution < 1.29 is 13.2 Å². The van der Waals surface area contributed by atoms with Crippen LogP contribution in [0.5, 0.6) is 5.75 Å². The number of hydrogen-bond donors (Lipinski definition) is 0. The summed E-state index contributed by atoms with van der Waals surface area (Å²) in [6.45, 7) is 4.17. The van der Waals surface area contributed by atoms with Crippen LogP contribution in [0.25, 0.3) is 33.0 Å². The van der Waals surface area contributed by atoms with Gasteiger partial charge in [0.25, 0.3) is 5.56 Å². The fourth-order valence-electron chi connectivity index (χ4n) is 4.20. The third kappa shape index (κ3) is 4.60. The quantitative estimate of drug-likeness (QED) is 0.359. The Hall–Kier alpha value is -3.45. The van der Waals surface area contributed by atoms with Crippen molar-refractivity contribution >= 4 is 20.6 Å². The molecule has 0 bridgehead atoms. The molecule has 0 unspecified atom stereocenters. The van der Waals surface area contributed by atoms with Crippen molar-refractivity contribution in [3.8, 4) is 28.0 Å². The highest BCUT2D eigenvalue weighted by atomic mass is 32.2. The van der Waals surface area contributed by atoms with Gasteiger partial charge in [-0.15, -0.1) is 0 Å². The Bertz CT molecular complexity index is 1580. The van der Waals surface area contributed by atoms with Crippen LogP contribution in [0.3, 0.4) is 0 Å². The van der Waals surface area contributed by atoms with Crippen LogP contribution in [-0.4, -0.2) is 30.3 Å². The van der Waals surface area contributed by atoms with Gasteiger partial charge in [-0.2, -0.15) is 0 Å². The molecule has 1 fully saturated rings. The predicted octanol–water partition coefficient (Wildman–Crippen LogP) is 5.16. The zero-order chi connectivity index (χ0) is 24.7. The lowest BCUT2D eigenvalue weighted by Crippen LogP contribution is -2.17. The van der Waals surface area contributed by atoms with Crippen LogP contribution >= 0.6 is 0 Å². The van der Waals surface area contributed by atoms with E-state index < -0.39 is 9.84 Å². The highest BCUT2D eigenvalue weighted by molar-refractivity contribution is 7.91. The summed E-state index contributed by atoms with van der Waals surface area (Å²) in [5.74, 6) is 1.17. The molecule has 6 nitrogen and oxygen atoms in total. The lowest BCUT2D eigenvalue weighted by atomic mass is 9.96. The van der Waals surface area contributed by atoms with Gasteiger partial charge in [0.15, 0.2) is 9.84 Å². The standard InChI is InChI=1S/C28H28N2O4S/c1-4-35(32,33)22-10-12-27(34-17-19-6-7-19)25(14-22)26-16-30(3)28(31)23-11-9-20(13-24(23)26)21-8-5-18(2)29-15-21/h5,8-16,19H,4,6-7,17H2,1-3H3. The van der Waals surface area contributed by atoms with Crippen molar-refractivity contribution in [2.75, 3.05) is 12.4 Å². The van der Waals surface area contributed by atoms with E-state index in [1.807, 2.05) is 43.5 Å². The monoisotopic (exact) mass is 488 g/mol. The molecule has 0 saturated heterocycles. The van der Waals surface area contributed by atoms with E-state index in [9.17, 15) is 13.2 Å². The molecule has 1 aliphatic rings. The van der Waals surface area contributed by atoms with E-state index in [-0.39, 0.29) is 16.2 Å². The van der Waals surface area contributed by atoms with E-state index in [0.29, 0.717) is 29.2 Å². The molecular formula is C28H28N2O4S. The van der Waals surface area contributed by atoms with Crippen molar-refractivity contribution in [2.45, 2.75) is 31.6 Å². The Morgan fingerprint density at radius 1 is 1.00 bits per heavy atom. The van der Waals surface area contributed by atoms with Gasteiger partial charge in [-0.3, -0.25) is 9.78 Å². The second-order valence-corrected chi connectivity index (χ2v) is 11.5. The average molecular weight is 489 g/mol. The largest absolute Gasteiger partial charge is 0.493 e. The number of aryl methyl sites for hydroxylation is 2. The smallest absolute Gasteiger partial charge is 0.258 e. The summed E-state index contributed by atoms with van der Waals surface area (Å²) < 4.78 is 33.2. The molecule has 1 saturated carbocycles. The molecular weight excluding hydrogens is 460 g/mol. The van der Waals surface area contributed by atoms with Crippen LogP contribution in [0.4, 0.5) is 0 Å². The minimum Gasteiger partial charge on any atom is -0.493 e. The van der Waals surface area contributed by atoms with Crippen molar-refractivity contribution in [1.82, 2.24) is 9.55 Å². The molecule has 0 aliphatic heterocycles. The van der Waals surface area contributed by atoms with Gasteiger partial charge >= 0.3 is 0 Å². The second-order valence-electron chi connectivity index (χ2n) is 9.22. The van der Waals surface area contributed by atoms with Gasteiger partial charge in [0.05, 0.1) is 17.3 Å². The summed E-state index contributed by atoms with van der Waals surface area (Å²) in [5, 5.41) is 1.30. The molecule has 0 spiro atoms. The van der Waals surface area contributed by atoms with Gasteiger partial charge in [0, 0.05) is 47.2 Å². The molecule has 4 aromatic rings. The first kappa shape index (κ1) is 23.3. The second kappa shape index (κ2) is 8.96. The summed E-state index contributed by atoms with van der Waals surface area (Å²) in [5.41, 5.74) is 4.10. The van der Waals surface area contributed by atoms with Gasteiger partial charge in [0.1, 0.15) is 5.75 Å². The Balaban J connectivity index is 1.76. The number of benzene rings is 2. The van der Waals surface area contributed by atoms with Crippen LogP contribution in [0, 0.1) is 12.8 Å². The molecule has 0 N–H and O–H groups in total. The molecule has 180 valence electrons. The maximum atomic E-state index is 13.0. The lowest BCUT2D eigenvalue weighted by molar-refractivity contribution is 0.301. The summed E-state index contributed by atoms with van der Waals surface area (Å²) in [6.07, 6.45) is 5.88.